The topological polar surface area (TPSA) is 72.2 Å². The third-order valence-electron chi connectivity index (χ3n) is 4.83. The van der Waals surface area contributed by atoms with Crippen molar-refractivity contribution in [1.29, 1.82) is 0 Å². The standard InChI is InChI=1S/C19H26N2O3S/c1-3-15-10-11-16(18-12-14(2)20-24-18)13-19(15)25(22,23)21-17-8-6-4-5-7-9-17/h10-13,17,21H,3-9H2,1-2H3. The molecule has 1 aliphatic rings. The van der Waals surface area contributed by atoms with Gasteiger partial charge in [-0.1, -0.05) is 49.9 Å². The smallest absolute Gasteiger partial charge is 0.241 e. The van der Waals surface area contributed by atoms with E-state index in [1.54, 1.807) is 6.07 Å². The minimum atomic E-state index is -3.55. The summed E-state index contributed by atoms with van der Waals surface area (Å²) < 4.78 is 34.3. The van der Waals surface area contributed by atoms with Gasteiger partial charge in [0.05, 0.1) is 10.6 Å². The van der Waals surface area contributed by atoms with Gasteiger partial charge in [-0.05, 0) is 37.8 Å². The Morgan fingerprint density at radius 1 is 1.16 bits per heavy atom. The Hall–Kier alpha value is -1.66. The van der Waals surface area contributed by atoms with Crippen LogP contribution in [0, 0.1) is 6.92 Å². The monoisotopic (exact) mass is 362 g/mol. The van der Waals surface area contributed by atoms with Crippen LogP contribution in [0.1, 0.15) is 56.7 Å². The van der Waals surface area contributed by atoms with Crippen molar-refractivity contribution in [3.8, 4) is 11.3 Å². The van der Waals surface area contributed by atoms with Gasteiger partial charge in [-0.3, -0.25) is 0 Å². The molecule has 0 atom stereocenters. The summed E-state index contributed by atoms with van der Waals surface area (Å²) in [5.41, 5.74) is 2.33. The van der Waals surface area contributed by atoms with Crippen molar-refractivity contribution in [1.82, 2.24) is 9.88 Å². The highest BCUT2D eigenvalue weighted by molar-refractivity contribution is 7.89. The van der Waals surface area contributed by atoms with E-state index in [4.69, 9.17) is 4.52 Å². The van der Waals surface area contributed by atoms with Gasteiger partial charge in [-0.15, -0.1) is 0 Å². The van der Waals surface area contributed by atoms with E-state index in [1.165, 1.54) is 12.8 Å². The summed E-state index contributed by atoms with van der Waals surface area (Å²) in [7, 11) is -3.55. The quantitative estimate of drug-likeness (QED) is 0.809. The second-order valence-electron chi connectivity index (χ2n) is 6.82. The first kappa shape index (κ1) is 18.1. The van der Waals surface area contributed by atoms with Crippen molar-refractivity contribution in [2.24, 2.45) is 0 Å². The maximum Gasteiger partial charge on any atom is 0.241 e. The minimum Gasteiger partial charge on any atom is -0.356 e. The van der Waals surface area contributed by atoms with Gasteiger partial charge in [0.25, 0.3) is 0 Å². The number of hydrogen-bond acceptors (Lipinski definition) is 4. The zero-order valence-electron chi connectivity index (χ0n) is 14.9. The van der Waals surface area contributed by atoms with Crippen LogP contribution in [-0.4, -0.2) is 19.6 Å². The summed E-state index contributed by atoms with van der Waals surface area (Å²) in [6.07, 6.45) is 7.06. The van der Waals surface area contributed by atoms with Crippen LogP contribution >= 0.6 is 0 Å². The molecule has 1 aliphatic carbocycles. The molecule has 25 heavy (non-hydrogen) atoms. The molecule has 5 nitrogen and oxygen atoms in total. The average molecular weight is 362 g/mol. The molecular formula is C19H26N2O3S. The van der Waals surface area contributed by atoms with Gasteiger partial charge in [0.2, 0.25) is 10.0 Å². The highest BCUT2D eigenvalue weighted by Crippen LogP contribution is 2.27. The van der Waals surface area contributed by atoms with Crippen molar-refractivity contribution in [2.45, 2.75) is 69.7 Å². The number of rotatable bonds is 5. The van der Waals surface area contributed by atoms with E-state index in [1.807, 2.05) is 32.0 Å². The summed E-state index contributed by atoms with van der Waals surface area (Å²) >= 11 is 0. The maximum absolute atomic E-state index is 13.0. The number of aromatic nitrogens is 1. The zero-order valence-corrected chi connectivity index (χ0v) is 15.7. The normalized spacial score (nSPS) is 16.7. The molecule has 0 saturated heterocycles. The number of hydrogen-bond donors (Lipinski definition) is 1. The molecule has 1 aromatic heterocycles. The first-order chi connectivity index (χ1) is 12.0. The van der Waals surface area contributed by atoms with E-state index in [0.717, 1.165) is 42.5 Å². The molecule has 6 heteroatoms. The number of nitrogens with one attached hydrogen (secondary N) is 1. The summed E-state index contributed by atoms with van der Waals surface area (Å²) in [6, 6.07) is 7.32. The highest BCUT2D eigenvalue weighted by Gasteiger charge is 2.24. The van der Waals surface area contributed by atoms with Gasteiger partial charge < -0.3 is 4.52 Å². The molecule has 2 aromatic rings. The SMILES string of the molecule is CCc1ccc(-c2cc(C)no2)cc1S(=O)(=O)NC1CCCCCC1. The van der Waals surface area contributed by atoms with E-state index >= 15 is 0 Å². The Labute approximate surface area is 149 Å². The summed E-state index contributed by atoms with van der Waals surface area (Å²) in [5.74, 6) is 0.589. The first-order valence-corrected chi connectivity index (χ1v) is 10.6. The van der Waals surface area contributed by atoms with Gasteiger partial charge >= 0.3 is 0 Å². The number of aryl methyl sites for hydroxylation is 2. The van der Waals surface area contributed by atoms with Crippen LogP contribution < -0.4 is 4.72 Å². The fraction of sp³-hybridized carbons (Fsp3) is 0.526. The molecule has 1 saturated carbocycles. The van der Waals surface area contributed by atoms with Crippen molar-refractivity contribution < 1.29 is 12.9 Å². The maximum atomic E-state index is 13.0. The molecule has 1 fully saturated rings. The Balaban J connectivity index is 1.92. The molecule has 0 unspecified atom stereocenters. The first-order valence-electron chi connectivity index (χ1n) is 9.08. The van der Waals surface area contributed by atoms with E-state index < -0.39 is 10.0 Å². The summed E-state index contributed by atoms with van der Waals surface area (Å²) in [5, 5.41) is 3.89. The molecule has 1 N–H and O–H groups in total. The van der Waals surface area contributed by atoms with E-state index in [2.05, 4.69) is 9.88 Å². The predicted octanol–water partition coefficient (Wildman–Crippen LogP) is 4.21. The molecule has 1 aromatic carbocycles. The highest BCUT2D eigenvalue weighted by atomic mass is 32.2. The largest absolute Gasteiger partial charge is 0.356 e. The second kappa shape index (κ2) is 7.70. The van der Waals surface area contributed by atoms with Crippen LogP contribution in [0.15, 0.2) is 33.7 Å². The second-order valence-corrected chi connectivity index (χ2v) is 8.50. The van der Waals surface area contributed by atoms with Crippen LogP contribution in [0.2, 0.25) is 0 Å². The van der Waals surface area contributed by atoms with Crippen molar-refractivity contribution in [3.63, 3.8) is 0 Å². The fourth-order valence-electron chi connectivity index (χ4n) is 3.43. The Bertz CT molecular complexity index is 819. The molecule has 3 rings (SSSR count). The lowest BCUT2D eigenvalue weighted by molar-refractivity contribution is 0.427. The Morgan fingerprint density at radius 2 is 1.88 bits per heavy atom. The molecule has 136 valence electrons. The molecule has 0 amide bonds. The van der Waals surface area contributed by atoms with Gasteiger partial charge in [-0.2, -0.15) is 0 Å². The van der Waals surface area contributed by atoms with Gasteiger partial charge in [-0.25, -0.2) is 13.1 Å². The van der Waals surface area contributed by atoms with Crippen LogP contribution in [0.5, 0.6) is 0 Å². The summed E-state index contributed by atoms with van der Waals surface area (Å²) in [6.45, 7) is 3.82. The van der Waals surface area contributed by atoms with Crippen LogP contribution in [0.25, 0.3) is 11.3 Å². The van der Waals surface area contributed by atoms with E-state index in [9.17, 15) is 8.42 Å². The van der Waals surface area contributed by atoms with Gasteiger partial charge in [0, 0.05) is 17.7 Å². The molecule has 0 radical (unpaired) electrons. The lowest BCUT2D eigenvalue weighted by atomic mass is 10.1. The number of nitrogens with zero attached hydrogens (tertiary/aromatic N) is 1. The van der Waals surface area contributed by atoms with Crippen molar-refractivity contribution in [3.05, 3.63) is 35.5 Å². The van der Waals surface area contributed by atoms with Crippen molar-refractivity contribution >= 4 is 10.0 Å². The van der Waals surface area contributed by atoms with Gasteiger partial charge in [0.15, 0.2) is 5.76 Å². The number of sulfonamides is 1. The fourth-order valence-corrected chi connectivity index (χ4v) is 5.07. The lowest BCUT2D eigenvalue weighted by Gasteiger charge is -2.18. The zero-order chi connectivity index (χ0) is 17.9. The lowest BCUT2D eigenvalue weighted by Crippen LogP contribution is -2.34. The Kier molecular flexibility index (Phi) is 5.59. The van der Waals surface area contributed by atoms with Crippen LogP contribution in [-0.2, 0) is 16.4 Å². The van der Waals surface area contributed by atoms with Crippen LogP contribution in [0.3, 0.4) is 0 Å². The van der Waals surface area contributed by atoms with E-state index in [0.29, 0.717) is 17.1 Å². The average Bonchev–Trinajstić information content (AvgIpc) is 2.87. The molecule has 0 spiro atoms. The third kappa shape index (κ3) is 4.30. The minimum absolute atomic E-state index is 0.0355. The molecule has 1 heterocycles. The third-order valence-corrected chi connectivity index (χ3v) is 6.43. The van der Waals surface area contributed by atoms with Crippen molar-refractivity contribution in [2.75, 3.05) is 0 Å². The number of benzene rings is 1. The molecule has 0 aliphatic heterocycles. The van der Waals surface area contributed by atoms with E-state index in [-0.39, 0.29) is 6.04 Å². The molecule has 0 bridgehead atoms. The Morgan fingerprint density at radius 3 is 2.48 bits per heavy atom. The summed E-state index contributed by atoms with van der Waals surface area (Å²) in [4.78, 5) is 0.353. The molecular weight excluding hydrogens is 336 g/mol. The van der Waals surface area contributed by atoms with Crippen LogP contribution in [0.4, 0.5) is 0 Å². The van der Waals surface area contributed by atoms with Gasteiger partial charge in [0.1, 0.15) is 0 Å². The predicted molar refractivity (Wildman–Crippen MR) is 97.9 cm³/mol.